The van der Waals surface area contributed by atoms with Crippen LogP contribution in [0, 0.1) is 0 Å². The Bertz CT molecular complexity index is 1560. The largest absolute Gasteiger partial charge is 1.20 e. The van der Waals surface area contributed by atoms with Gasteiger partial charge >= 0.3 is 15.1 Å². The predicted octanol–water partition coefficient (Wildman–Crippen LogP) is 5.26. The maximum absolute atomic E-state index is 13.8. The van der Waals surface area contributed by atoms with Crippen LogP contribution in [0.15, 0.2) is 91.0 Å². The Labute approximate surface area is 343 Å². The van der Waals surface area contributed by atoms with Gasteiger partial charge in [0.1, 0.15) is 19.3 Å². The van der Waals surface area contributed by atoms with Gasteiger partial charge in [-0.25, -0.2) is 0 Å². The van der Waals surface area contributed by atoms with Crippen LogP contribution in [-0.2, 0) is 85.9 Å². The van der Waals surface area contributed by atoms with E-state index in [-0.39, 0.29) is 39.6 Å². The number of carbonyl (C=O) groups is 6. The summed E-state index contributed by atoms with van der Waals surface area (Å²) in [5, 5.41) is 0. The molecule has 0 aliphatic rings. The Morgan fingerprint density at radius 3 is 0.776 bits per heavy atom. The minimum Gasteiger partial charge on any atom is -0.550 e. The van der Waals surface area contributed by atoms with Gasteiger partial charge in [0.2, 0.25) is 17.3 Å². The molecule has 0 fully saturated rings. The number of hydrogen-bond acceptors (Lipinski definition) is 15. The normalized spacial score (nSPS) is 11.7. The molecule has 3 aromatic carbocycles. The Hall–Kier alpha value is -4.63. The monoisotopic (exact) mass is 822 g/mol. The lowest BCUT2D eigenvalue weighted by Crippen LogP contribution is -2.45. The molecule has 3 aromatic rings. The third-order valence-corrected chi connectivity index (χ3v) is 9.61. The average Bonchev–Trinajstić information content (AvgIpc) is 3.21. The van der Waals surface area contributed by atoms with Crippen molar-refractivity contribution in [3.05, 3.63) is 108 Å². The van der Waals surface area contributed by atoms with Gasteiger partial charge in [0.25, 0.3) is 35.3 Å². The molecule has 15 nitrogen and oxygen atoms in total. The summed E-state index contributed by atoms with van der Waals surface area (Å²) in [5.41, 5.74) is 0.906. The summed E-state index contributed by atoms with van der Waals surface area (Å²) >= 11 is -4.31. The summed E-state index contributed by atoms with van der Waals surface area (Å²) in [6, 6.07) is 24.6. The van der Waals surface area contributed by atoms with E-state index in [1.54, 1.807) is 133 Å². The van der Waals surface area contributed by atoms with E-state index in [2.05, 4.69) is 0 Å². The maximum Gasteiger partial charge on any atom is 1.20 e. The van der Waals surface area contributed by atoms with Gasteiger partial charge in [-0.05, 0) is 41.5 Å². The molecule has 0 bridgehead atoms. The van der Waals surface area contributed by atoms with Crippen LogP contribution in [0.4, 0.5) is 0 Å². The second-order valence-electron chi connectivity index (χ2n) is 12.1. The molecule has 0 atom stereocenters. The van der Waals surface area contributed by atoms with Crippen LogP contribution >= 0.6 is 0 Å². The number of ether oxygens (including phenoxy) is 6. The van der Waals surface area contributed by atoms with Crippen molar-refractivity contribution in [3.63, 3.8) is 0 Å². The van der Waals surface area contributed by atoms with Crippen molar-refractivity contribution in [3.8, 4) is 0 Å². The lowest BCUT2D eigenvalue weighted by molar-refractivity contribution is -0.233. The fourth-order valence-corrected chi connectivity index (χ4v) is 7.08. The van der Waals surface area contributed by atoms with Crippen LogP contribution in [0.3, 0.4) is 0 Å². The molecule has 0 aliphatic heterocycles. The van der Waals surface area contributed by atoms with Crippen molar-refractivity contribution >= 4 is 50.4 Å². The zero-order chi connectivity index (χ0) is 42.6. The minimum atomic E-state index is -4.31. The van der Waals surface area contributed by atoms with Crippen LogP contribution in [0.1, 0.15) is 77.5 Å². The van der Waals surface area contributed by atoms with Gasteiger partial charge in [0, 0.05) is 56.3 Å². The topological polar surface area (TPSA) is 185 Å². The van der Waals surface area contributed by atoms with E-state index >= 15 is 0 Å². The van der Waals surface area contributed by atoms with Crippen molar-refractivity contribution < 1.29 is 68.6 Å². The zero-order valence-corrected chi connectivity index (χ0v) is 34.9. The van der Waals surface area contributed by atoms with Crippen LogP contribution in [0.2, 0.25) is 0 Å². The molecule has 0 heterocycles. The lowest BCUT2D eigenvalue weighted by atomic mass is 9.99. The first-order valence-electron chi connectivity index (χ1n) is 19.1. The molecule has 58 heavy (non-hydrogen) atoms. The van der Waals surface area contributed by atoms with Crippen LogP contribution < -0.4 is 0 Å². The van der Waals surface area contributed by atoms with Crippen molar-refractivity contribution in [2.45, 2.75) is 78.2 Å². The Morgan fingerprint density at radius 2 is 0.586 bits per heavy atom. The van der Waals surface area contributed by atoms with Gasteiger partial charge in [0.05, 0.1) is 0 Å². The lowest BCUT2D eigenvalue weighted by Gasteiger charge is -2.32. The number of benzene rings is 3. The van der Waals surface area contributed by atoms with Crippen LogP contribution in [-0.4, -0.2) is 90.0 Å². The van der Waals surface area contributed by atoms with E-state index in [1.165, 1.54) is 0 Å². The predicted molar refractivity (Wildman–Crippen MR) is 207 cm³/mol. The minimum absolute atomic E-state index is 0.0201. The molecule has 0 radical (unpaired) electrons. The highest BCUT2D eigenvalue weighted by molar-refractivity contribution is 6.44. The molecule has 0 amide bonds. The maximum atomic E-state index is 13.8. The van der Waals surface area contributed by atoms with Crippen molar-refractivity contribution in [1.82, 2.24) is 0 Å². The molecule has 16 heteroatoms. The van der Waals surface area contributed by atoms with Gasteiger partial charge in [0.15, 0.2) is 0 Å². The smallest absolute Gasteiger partial charge is 0.550 e. The third kappa shape index (κ3) is 12.2. The first-order chi connectivity index (χ1) is 27.9. The number of Topliss-reactive ketones (excluding diaryl/α,β-unsaturated/α-hetero) is 3. The number of ketones is 3. The van der Waals surface area contributed by atoms with E-state index in [9.17, 15) is 28.8 Å². The van der Waals surface area contributed by atoms with Crippen LogP contribution in [0.5, 0.6) is 0 Å². The first-order valence-corrected chi connectivity index (χ1v) is 20.5. The Kier molecular flexibility index (Phi) is 19.5. The van der Waals surface area contributed by atoms with Gasteiger partial charge in [-0.1, -0.05) is 91.0 Å². The van der Waals surface area contributed by atoms with Crippen LogP contribution in [0.25, 0.3) is 0 Å². The Balaban J connectivity index is 1.94. The average molecular weight is 823 g/mol. The highest BCUT2D eigenvalue weighted by Crippen LogP contribution is 2.33. The molecular formula is C42H51AlO15. The summed E-state index contributed by atoms with van der Waals surface area (Å²) in [5.74, 6) is -12.5. The molecule has 0 spiro atoms. The number of carbonyl (C=O) groups excluding carboxylic acids is 6. The molecule has 312 valence electrons. The van der Waals surface area contributed by atoms with E-state index < -0.39 is 87.0 Å². The molecule has 0 saturated heterocycles. The van der Waals surface area contributed by atoms with E-state index in [4.69, 9.17) is 39.8 Å². The van der Waals surface area contributed by atoms with Crippen molar-refractivity contribution in [2.75, 3.05) is 39.6 Å². The summed E-state index contributed by atoms with van der Waals surface area (Å²) in [6.45, 7) is 9.95. The SMILES string of the molecule is CCOC(OCC)(C(=O)CC(=O)[O][Al]([O]C(=O)CC(=O)C(OCC)(OCC)c1ccccc1)[O]C(=O)CC(=O)C(OCC)(OCC)c1ccccc1)c1ccccc1. The summed E-state index contributed by atoms with van der Waals surface area (Å²) in [6.07, 6.45) is -2.95. The van der Waals surface area contributed by atoms with E-state index in [1.807, 2.05) is 0 Å². The number of rotatable bonds is 27. The van der Waals surface area contributed by atoms with Crippen molar-refractivity contribution in [2.24, 2.45) is 0 Å². The molecule has 0 saturated carbocycles. The fourth-order valence-electron chi connectivity index (χ4n) is 6.04. The highest BCUT2D eigenvalue weighted by Gasteiger charge is 2.53. The fraction of sp³-hybridized carbons (Fsp3) is 0.429. The second-order valence-corrected chi connectivity index (χ2v) is 13.4. The summed E-state index contributed by atoms with van der Waals surface area (Å²) < 4.78 is 50.9. The van der Waals surface area contributed by atoms with E-state index in [0.717, 1.165) is 0 Å². The first kappa shape index (κ1) is 47.7. The molecule has 0 aromatic heterocycles. The zero-order valence-electron chi connectivity index (χ0n) is 33.7. The third-order valence-electron chi connectivity index (χ3n) is 8.25. The van der Waals surface area contributed by atoms with Gasteiger partial charge in [-0.3, -0.25) is 28.8 Å². The quantitative estimate of drug-likeness (QED) is 0.0551. The number of hydrogen-bond donors (Lipinski definition) is 0. The highest BCUT2D eigenvalue weighted by atomic mass is 27.3. The van der Waals surface area contributed by atoms with Crippen molar-refractivity contribution in [1.29, 1.82) is 0 Å². The molecule has 3 rings (SSSR count). The summed E-state index contributed by atoms with van der Waals surface area (Å²) in [7, 11) is 0. The van der Waals surface area contributed by atoms with Gasteiger partial charge < -0.3 is 39.8 Å². The van der Waals surface area contributed by atoms with Gasteiger partial charge in [-0.2, -0.15) is 0 Å². The van der Waals surface area contributed by atoms with Gasteiger partial charge in [-0.15, -0.1) is 0 Å². The molecule has 0 N–H and O–H groups in total. The molecule has 0 aliphatic carbocycles. The second kappa shape index (κ2) is 23.7. The molecular weight excluding hydrogens is 771 g/mol. The Morgan fingerprint density at radius 1 is 0.379 bits per heavy atom. The molecule has 0 unspecified atom stereocenters. The summed E-state index contributed by atoms with van der Waals surface area (Å²) in [4.78, 5) is 81.9. The standard InChI is InChI=1S/3C14H18O5.Al/c3*1-3-18-14(19-4-2,12(15)10-13(16)17)11-8-6-5-7-9-11;/h3*5-9H,3-4,10H2,1-2H3,(H,16,17);/q;;;+3/p-3. The van der Waals surface area contributed by atoms with E-state index in [0.29, 0.717) is 16.7 Å².